The Morgan fingerprint density at radius 3 is 2.68 bits per heavy atom. The molecule has 1 heterocycles. The summed E-state index contributed by atoms with van der Waals surface area (Å²) in [4.78, 5) is 4.46. The van der Waals surface area contributed by atoms with Crippen LogP contribution in [0.4, 0.5) is 10.1 Å². The molecule has 0 radical (unpaired) electrons. The molecule has 0 aliphatic heterocycles. The SMILES string of the molecule is CCNc1cc(COC)nc2c(OC)cc(F)cc12. The van der Waals surface area contributed by atoms with Crippen molar-refractivity contribution in [2.45, 2.75) is 13.5 Å². The molecule has 1 aromatic carbocycles. The van der Waals surface area contributed by atoms with Gasteiger partial charge in [-0.3, -0.25) is 0 Å². The van der Waals surface area contributed by atoms with Crippen molar-refractivity contribution in [2.75, 3.05) is 26.1 Å². The second kappa shape index (κ2) is 5.84. The number of pyridine rings is 1. The summed E-state index contributed by atoms with van der Waals surface area (Å²) in [6, 6.07) is 4.66. The van der Waals surface area contributed by atoms with Crippen molar-refractivity contribution < 1.29 is 13.9 Å². The van der Waals surface area contributed by atoms with Crippen LogP contribution in [0.5, 0.6) is 5.75 Å². The number of hydrogen-bond donors (Lipinski definition) is 1. The molecular weight excluding hydrogens is 247 g/mol. The highest BCUT2D eigenvalue weighted by Crippen LogP contribution is 2.31. The lowest BCUT2D eigenvalue weighted by Gasteiger charge is -2.13. The topological polar surface area (TPSA) is 43.4 Å². The van der Waals surface area contributed by atoms with Crippen LogP contribution in [0.15, 0.2) is 18.2 Å². The second-order valence-corrected chi connectivity index (χ2v) is 4.13. The van der Waals surface area contributed by atoms with Gasteiger partial charge in [0.25, 0.3) is 0 Å². The molecule has 2 aromatic rings. The number of nitrogens with one attached hydrogen (secondary N) is 1. The van der Waals surface area contributed by atoms with Crippen LogP contribution in [0.1, 0.15) is 12.6 Å². The van der Waals surface area contributed by atoms with E-state index in [4.69, 9.17) is 9.47 Å². The molecule has 0 atom stereocenters. The van der Waals surface area contributed by atoms with Crippen LogP contribution < -0.4 is 10.1 Å². The molecule has 0 saturated carbocycles. The fourth-order valence-corrected chi connectivity index (χ4v) is 2.03. The molecule has 0 unspecified atom stereocenters. The largest absolute Gasteiger partial charge is 0.494 e. The summed E-state index contributed by atoms with van der Waals surface area (Å²) in [6.07, 6.45) is 0. The number of methoxy groups -OCH3 is 2. The zero-order valence-electron chi connectivity index (χ0n) is 11.3. The quantitative estimate of drug-likeness (QED) is 0.901. The highest BCUT2D eigenvalue weighted by atomic mass is 19.1. The second-order valence-electron chi connectivity index (χ2n) is 4.13. The first-order valence-electron chi connectivity index (χ1n) is 6.09. The molecule has 0 spiro atoms. The number of hydrogen-bond acceptors (Lipinski definition) is 4. The molecule has 0 bridgehead atoms. The lowest BCUT2D eigenvalue weighted by atomic mass is 10.1. The normalized spacial score (nSPS) is 10.7. The van der Waals surface area contributed by atoms with Gasteiger partial charge in [0.2, 0.25) is 0 Å². The first-order valence-corrected chi connectivity index (χ1v) is 6.09. The number of rotatable bonds is 5. The highest BCUT2D eigenvalue weighted by molar-refractivity contribution is 5.95. The lowest BCUT2D eigenvalue weighted by Crippen LogP contribution is -2.02. The van der Waals surface area contributed by atoms with Gasteiger partial charge in [0.05, 0.1) is 19.4 Å². The Morgan fingerprint density at radius 1 is 1.26 bits per heavy atom. The van der Waals surface area contributed by atoms with Crippen molar-refractivity contribution in [2.24, 2.45) is 0 Å². The molecule has 0 amide bonds. The minimum absolute atomic E-state index is 0.343. The van der Waals surface area contributed by atoms with E-state index in [0.717, 1.165) is 17.9 Å². The van der Waals surface area contributed by atoms with Gasteiger partial charge in [0.15, 0.2) is 0 Å². The van der Waals surface area contributed by atoms with E-state index in [0.29, 0.717) is 23.3 Å². The van der Waals surface area contributed by atoms with Crippen molar-refractivity contribution in [3.8, 4) is 5.75 Å². The van der Waals surface area contributed by atoms with E-state index in [9.17, 15) is 4.39 Å². The molecule has 1 aromatic heterocycles. The third-order valence-corrected chi connectivity index (χ3v) is 2.78. The molecule has 2 rings (SSSR count). The van der Waals surface area contributed by atoms with E-state index < -0.39 is 0 Å². The Bertz CT molecular complexity index is 587. The van der Waals surface area contributed by atoms with Gasteiger partial charge in [-0.25, -0.2) is 9.37 Å². The maximum Gasteiger partial charge on any atom is 0.148 e. The van der Waals surface area contributed by atoms with Crippen LogP contribution >= 0.6 is 0 Å². The van der Waals surface area contributed by atoms with Gasteiger partial charge in [-0.2, -0.15) is 0 Å². The van der Waals surface area contributed by atoms with E-state index in [-0.39, 0.29) is 5.82 Å². The van der Waals surface area contributed by atoms with Gasteiger partial charge in [-0.1, -0.05) is 0 Å². The molecule has 5 heteroatoms. The summed E-state index contributed by atoms with van der Waals surface area (Å²) in [6.45, 7) is 3.12. The minimum Gasteiger partial charge on any atom is -0.494 e. The van der Waals surface area contributed by atoms with Gasteiger partial charge in [0, 0.05) is 30.8 Å². The third kappa shape index (κ3) is 2.76. The molecule has 0 fully saturated rings. The van der Waals surface area contributed by atoms with Crippen LogP contribution in [0, 0.1) is 5.82 Å². The Morgan fingerprint density at radius 2 is 2.05 bits per heavy atom. The maximum absolute atomic E-state index is 13.6. The first-order chi connectivity index (χ1) is 9.19. The predicted molar refractivity (Wildman–Crippen MR) is 73.1 cm³/mol. The fraction of sp³-hybridized carbons (Fsp3) is 0.357. The average molecular weight is 264 g/mol. The molecule has 1 N–H and O–H groups in total. The number of benzene rings is 1. The Hall–Kier alpha value is -1.88. The number of ether oxygens (including phenoxy) is 2. The van der Waals surface area contributed by atoms with Gasteiger partial charge in [-0.15, -0.1) is 0 Å². The highest BCUT2D eigenvalue weighted by Gasteiger charge is 2.12. The summed E-state index contributed by atoms with van der Waals surface area (Å²) in [7, 11) is 3.12. The average Bonchev–Trinajstić information content (AvgIpc) is 2.39. The monoisotopic (exact) mass is 264 g/mol. The zero-order chi connectivity index (χ0) is 13.8. The van der Waals surface area contributed by atoms with Crippen LogP contribution in [-0.4, -0.2) is 25.7 Å². The number of aromatic nitrogens is 1. The molecule has 102 valence electrons. The summed E-state index contributed by atoms with van der Waals surface area (Å²) in [5.41, 5.74) is 2.24. The van der Waals surface area contributed by atoms with Gasteiger partial charge in [0.1, 0.15) is 17.1 Å². The zero-order valence-corrected chi connectivity index (χ0v) is 11.3. The summed E-state index contributed by atoms with van der Waals surface area (Å²) in [5.74, 6) is 0.0805. The fourth-order valence-electron chi connectivity index (χ4n) is 2.03. The molecular formula is C14H17FN2O2. The van der Waals surface area contributed by atoms with E-state index in [1.807, 2.05) is 13.0 Å². The van der Waals surface area contributed by atoms with E-state index >= 15 is 0 Å². The van der Waals surface area contributed by atoms with Crippen LogP contribution in [-0.2, 0) is 11.3 Å². The number of anilines is 1. The predicted octanol–water partition coefficient (Wildman–Crippen LogP) is 2.96. The van der Waals surface area contributed by atoms with Crippen molar-refractivity contribution in [1.82, 2.24) is 4.98 Å². The minimum atomic E-state index is -0.343. The van der Waals surface area contributed by atoms with E-state index in [1.54, 1.807) is 7.11 Å². The molecule has 0 saturated heterocycles. The van der Waals surface area contributed by atoms with Crippen molar-refractivity contribution in [3.05, 3.63) is 29.7 Å². The van der Waals surface area contributed by atoms with Crippen LogP contribution in [0.25, 0.3) is 10.9 Å². The molecule has 4 nitrogen and oxygen atoms in total. The van der Waals surface area contributed by atoms with Crippen molar-refractivity contribution >= 4 is 16.6 Å². The smallest absolute Gasteiger partial charge is 0.148 e. The van der Waals surface area contributed by atoms with Crippen molar-refractivity contribution in [3.63, 3.8) is 0 Å². The van der Waals surface area contributed by atoms with Crippen LogP contribution in [0.3, 0.4) is 0 Å². The number of halogens is 1. The summed E-state index contributed by atoms with van der Waals surface area (Å²) < 4.78 is 23.9. The first kappa shape index (κ1) is 13.5. The van der Waals surface area contributed by atoms with Crippen LogP contribution in [0.2, 0.25) is 0 Å². The third-order valence-electron chi connectivity index (χ3n) is 2.78. The molecule has 0 aliphatic rings. The maximum atomic E-state index is 13.6. The van der Waals surface area contributed by atoms with Gasteiger partial charge in [-0.05, 0) is 19.1 Å². The molecule has 19 heavy (non-hydrogen) atoms. The van der Waals surface area contributed by atoms with E-state index in [1.165, 1.54) is 19.2 Å². The standard InChI is InChI=1S/C14H17FN2O2/c1-4-16-12-7-10(8-18-2)17-14-11(12)5-9(15)6-13(14)19-3/h5-7H,4,8H2,1-3H3,(H,16,17). The van der Waals surface area contributed by atoms with Gasteiger partial charge < -0.3 is 14.8 Å². The Labute approximate surface area is 111 Å². The van der Waals surface area contributed by atoms with Gasteiger partial charge >= 0.3 is 0 Å². The van der Waals surface area contributed by atoms with E-state index in [2.05, 4.69) is 10.3 Å². The summed E-state index contributed by atoms with van der Waals surface area (Å²) in [5, 5.41) is 3.92. The lowest BCUT2D eigenvalue weighted by molar-refractivity contribution is 0.182. The number of fused-ring (bicyclic) bond motifs is 1. The molecule has 0 aliphatic carbocycles. The Balaban J connectivity index is 2.70. The van der Waals surface area contributed by atoms with Crippen molar-refractivity contribution in [1.29, 1.82) is 0 Å². The number of nitrogens with zero attached hydrogens (tertiary/aromatic N) is 1. The summed E-state index contributed by atoms with van der Waals surface area (Å²) >= 11 is 0. The Kier molecular flexibility index (Phi) is 4.16.